The fourth-order valence-corrected chi connectivity index (χ4v) is 4.77. The molecule has 2 heterocycles. The van der Waals surface area contributed by atoms with E-state index in [0.29, 0.717) is 11.6 Å². The molecule has 1 aliphatic heterocycles. The Balaban J connectivity index is 1.73. The molecule has 2 aromatic rings. The van der Waals surface area contributed by atoms with Crippen LogP contribution in [0.1, 0.15) is 42.6 Å². The highest BCUT2D eigenvalue weighted by Crippen LogP contribution is 2.39. The van der Waals surface area contributed by atoms with Crippen LogP contribution in [-0.2, 0) is 17.6 Å². The van der Waals surface area contributed by atoms with Crippen LogP contribution in [-0.4, -0.2) is 45.3 Å². The molecule has 1 fully saturated rings. The van der Waals surface area contributed by atoms with Gasteiger partial charge in [0, 0.05) is 31.8 Å². The number of aromatic nitrogens is 3. The van der Waals surface area contributed by atoms with Gasteiger partial charge in [-0.2, -0.15) is 5.10 Å². The zero-order valence-electron chi connectivity index (χ0n) is 16.0. The van der Waals surface area contributed by atoms with Gasteiger partial charge in [-0.05, 0) is 36.5 Å². The first kappa shape index (κ1) is 18.4. The van der Waals surface area contributed by atoms with E-state index in [1.807, 2.05) is 12.3 Å². The summed E-state index contributed by atoms with van der Waals surface area (Å²) in [7, 11) is 0. The number of carbonyl (C=O) groups excluding carboxylic acids is 1. The third-order valence-electron chi connectivity index (χ3n) is 6.06. The molecule has 27 heavy (non-hydrogen) atoms. The molecule has 3 atom stereocenters. The van der Waals surface area contributed by atoms with E-state index < -0.39 is 0 Å². The number of hydrogen-bond donors (Lipinski definition) is 0. The van der Waals surface area contributed by atoms with Crippen LogP contribution in [0.5, 0.6) is 0 Å². The molecule has 5 nitrogen and oxygen atoms in total. The van der Waals surface area contributed by atoms with E-state index in [0.717, 1.165) is 43.7 Å². The molecule has 4 rings (SSSR count). The molecule has 1 saturated heterocycles. The van der Waals surface area contributed by atoms with Gasteiger partial charge in [0.05, 0.1) is 11.4 Å². The van der Waals surface area contributed by atoms with E-state index in [9.17, 15) is 4.79 Å². The number of thioether (sulfide) groups is 1. The van der Waals surface area contributed by atoms with Crippen LogP contribution in [0.2, 0.25) is 0 Å². The lowest BCUT2D eigenvalue weighted by atomic mass is 9.77. The molecule has 1 aromatic heterocycles. The Hall–Kier alpha value is -1.95. The Kier molecular flexibility index (Phi) is 5.43. The van der Waals surface area contributed by atoms with Crippen molar-refractivity contribution in [2.45, 2.75) is 43.7 Å². The lowest BCUT2D eigenvalue weighted by Crippen LogP contribution is -2.39. The molecular weight excluding hydrogens is 356 g/mol. The Morgan fingerprint density at radius 3 is 2.52 bits per heavy atom. The monoisotopic (exact) mass is 382 g/mol. The summed E-state index contributed by atoms with van der Waals surface area (Å²) in [6.45, 7) is 4.01. The molecule has 0 saturated carbocycles. The molecular formula is C21H26N4OS. The first-order valence-electron chi connectivity index (χ1n) is 9.77. The van der Waals surface area contributed by atoms with Crippen molar-refractivity contribution in [3.8, 4) is 0 Å². The number of benzene rings is 1. The summed E-state index contributed by atoms with van der Waals surface area (Å²) in [5.41, 5.74) is 3.18. The largest absolute Gasteiger partial charge is 0.342 e. The van der Waals surface area contributed by atoms with Gasteiger partial charge < -0.3 is 4.90 Å². The van der Waals surface area contributed by atoms with Crippen molar-refractivity contribution < 1.29 is 4.79 Å². The Morgan fingerprint density at radius 2 is 1.81 bits per heavy atom. The zero-order valence-corrected chi connectivity index (χ0v) is 16.8. The second-order valence-electron chi connectivity index (χ2n) is 7.62. The Morgan fingerprint density at radius 1 is 1.07 bits per heavy atom. The quantitative estimate of drug-likeness (QED) is 0.602. The van der Waals surface area contributed by atoms with E-state index >= 15 is 0 Å². The maximum Gasteiger partial charge on any atom is 0.226 e. The fraction of sp³-hybridized carbons (Fsp3) is 0.524. The summed E-state index contributed by atoms with van der Waals surface area (Å²) in [6.07, 6.45) is 5.65. The molecule has 0 radical (unpaired) electrons. The smallest absolute Gasteiger partial charge is 0.226 e. The van der Waals surface area contributed by atoms with Gasteiger partial charge in [-0.3, -0.25) is 4.79 Å². The summed E-state index contributed by atoms with van der Waals surface area (Å²) in [4.78, 5) is 20.1. The van der Waals surface area contributed by atoms with E-state index in [-0.39, 0.29) is 23.7 Å². The summed E-state index contributed by atoms with van der Waals surface area (Å²) in [5.74, 6) is 0.716. The average Bonchev–Trinajstić information content (AvgIpc) is 3.20. The molecule has 2 aliphatic rings. The first-order valence-corrected chi connectivity index (χ1v) is 11.0. The maximum atomic E-state index is 13.4. The van der Waals surface area contributed by atoms with Crippen LogP contribution in [0.15, 0.2) is 35.5 Å². The van der Waals surface area contributed by atoms with Crippen LogP contribution in [0.4, 0.5) is 0 Å². The van der Waals surface area contributed by atoms with Crippen molar-refractivity contribution in [2.24, 2.45) is 11.8 Å². The predicted octanol–water partition coefficient (Wildman–Crippen LogP) is 3.35. The lowest BCUT2D eigenvalue weighted by molar-refractivity contribution is -0.136. The number of likely N-dealkylation sites (tertiary alicyclic amines) is 1. The highest BCUT2D eigenvalue weighted by Gasteiger charge is 2.39. The highest BCUT2D eigenvalue weighted by atomic mass is 32.2. The number of nitrogens with zero attached hydrogens (tertiary/aromatic N) is 4. The van der Waals surface area contributed by atoms with Gasteiger partial charge >= 0.3 is 0 Å². The minimum absolute atomic E-state index is 0.0547. The maximum absolute atomic E-state index is 13.4. The fourth-order valence-electron chi connectivity index (χ4n) is 4.45. The predicted molar refractivity (Wildman–Crippen MR) is 107 cm³/mol. The van der Waals surface area contributed by atoms with Gasteiger partial charge in [0.25, 0.3) is 0 Å². The third-order valence-corrected chi connectivity index (χ3v) is 6.60. The van der Waals surface area contributed by atoms with Gasteiger partial charge in [0.15, 0.2) is 0 Å². The molecule has 1 amide bonds. The minimum Gasteiger partial charge on any atom is -0.342 e. The van der Waals surface area contributed by atoms with Crippen molar-refractivity contribution in [1.82, 2.24) is 20.1 Å². The van der Waals surface area contributed by atoms with Crippen molar-refractivity contribution in [1.29, 1.82) is 0 Å². The standard InChI is InChI=1S/C21H26N4OS/c1-14-16(15-8-4-3-5-9-15)12-19-18(22-21(27-2)24-23-19)13-17(14)20(26)25-10-6-7-11-25/h3-5,8-9,14,16-17H,6-7,10-13H2,1-2H3/t14-,16+,17+/m0/s1. The van der Waals surface area contributed by atoms with Gasteiger partial charge in [0.2, 0.25) is 11.1 Å². The number of carbonyl (C=O) groups is 1. The van der Waals surface area contributed by atoms with E-state index in [1.54, 1.807) is 0 Å². The normalized spacial score (nSPS) is 25.1. The zero-order chi connectivity index (χ0) is 18.8. The second kappa shape index (κ2) is 7.97. The number of rotatable bonds is 3. The van der Waals surface area contributed by atoms with Crippen LogP contribution in [0, 0.1) is 11.8 Å². The van der Waals surface area contributed by atoms with Crippen LogP contribution in [0.3, 0.4) is 0 Å². The highest BCUT2D eigenvalue weighted by molar-refractivity contribution is 7.98. The van der Waals surface area contributed by atoms with Crippen molar-refractivity contribution in [3.63, 3.8) is 0 Å². The molecule has 0 bridgehead atoms. The number of amides is 1. The topological polar surface area (TPSA) is 59.0 Å². The molecule has 0 spiro atoms. The van der Waals surface area contributed by atoms with Gasteiger partial charge in [0.1, 0.15) is 0 Å². The summed E-state index contributed by atoms with van der Waals surface area (Å²) in [6, 6.07) is 10.5. The Labute approximate surface area is 165 Å². The van der Waals surface area contributed by atoms with Crippen molar-refractivity contribution in [2.75, 3.05) is 19.3 Å². The minimum atomic E-state index is -0.0547. The molecule has 0 N–H and O–H groups in total. The number of hydrogen-bond acceptors (Lipinski definition) is 5. The van der Waals surface area contributed by atoms with Crippen LogP contribution >= 0.6 is 11.8 Å². The van der Waals surface area contributed by atoms with Crippen LogP contribution in [0.25, 0.3) is 0 Å². The van der Waals surface area contributed by atoms with Crippen molar-refractivity contribution in [3.05, 3.63) is 47.3 Å². The van der Waals surface area contributed by atoms with Crippen LogP contribution < -0.4 is 0 Å². The average molecular weight is 383 g/mol. The van der Waals surface area contributed by atoms with E-state index in [2.05, 4.69) is 46.3 Å². The van der Waals surface area contributed by atoms with Gasteiger partial charge in [-0.25, -0.2) is 4.98 Å². The third kappa shape index (κ3) is 3.72. The van der Waals surface area contributed by atoms with E-state index in [4.69, 9.17) is 4.98 Å². The second-order valence-corrected chi connectivity index (χ2v) is 8.39. The molecule has 1 aromatic carbocycles. The SMILES string of the molecule is CSc1nnc2c(n1)C[C@@H](C(=O)N1CCCC1)[C@@H](C)[C@H](c1ccccc1)C2. The van der Waals surface area contributed by atoms with Gasteiger partial charge in [-0.15, -0.1) is 5.10 Å². The molecule has 6 heteroatoms. The first-order chi connectivity index (χ1) is 13.2. The van der Waals surface area contributed by atoms with E-state index in [1.165, 1.54) is 17.3 Å². The van der Waals surface area contributed by atoms with Gasteiger partial charge in [-0.1, -0.05) is 49.0 Å². The molecule has 0 unspecified atom stereocenters. The summed E-state index contributed by atoms with van der Waals surface area (Å²) >= 11 is 1.50. The molecule has 142 valence electrons. The summed E-state index contributed by atoms with van der Waals surface area (Å²) < 4.78 is 0. The summed E-state index contributed by atoms with van der Waals surface area (Å²) in [5, 5.41) is 9.44. The van der Waals surface area contributed by atoms with Crippen molar-refractivity contribution >= 4 is 17.7 Å². The Bertz CT molecular complexity index is 807. The lowest BCUT2D eigenvalue weighted by Gasteiger charge is -2.30. The molecule has 1 aliphatic carbocycles. The number of fused-ring (bicyclic) bond motifs is 1.